The Hall–Kier alpha value is -1.70. The molecular weight excluding hydrogens is 272 g/mol. The number of aliphatic hydroxyl groups is 1. The van der Waals surface area contributed by atoms with Gasteiger partial charge in [0.25, 0.3) is 5.69 Å². The van der Waals surface area contributed by atoms with E-state index in [0.717, 1.165) is 31.9 Å². The number of anilines is 1. The first-order valence-electron chi connectivity index (χ1n) is 7.14. The fourth-order valence-electron chi connectivity index (χ4n) is 2.57. The monoisotopic (exact) mass is 294 g/mol. The van der Waals surface area contributed by atoms with E-state index in [1.54, 1.807) is 24.3 Å². The maximum Gasteiger partial charge on any atom is 0.269 e. The van der Waals surface area contributed by atoms with Gasteiger partial charge in [-0.05, 0) is 19.2 Å². The van der Waals surface area contributed by atoms with Crippen LogP contribution in [0, 0.1) is 10.1 Å². The van der Waals surface area contributed by atoms with Crippen LogP contribution in [0.25, 0.3) is 0 Å². The lowest BCUT2D eigenvalue weighted by Gasteiger charge is -2.36. The number of piperazine rings is 1. The molecule has 0 bridgehead atoms. The average molecular weight is 294 g/mol. The molecule has 1 aromatic rings. The molecule has 0 amide bonds. The Bertz CT molecular complexity index is 458. The van der Waals surface area contributed by atoms with Crippen LogP contribution in [0.15, 0.2) is 24.3 Å². The van der Waals surface area contributed by atoms with Crippen LogP contribution in [-0.4, -0.2) is 67.3 Å². The van der Waals surface area contributed by atoms with Gasteiger partial charge in [0, 0.05) is 57.1 Å². The number of β-amino-alcohol motifs (C(OH)–C–C–N with tert-alkyl or cyclic N) is 1. The van der Waals surface area contributed by atoms with Crippen LogP contribution in [-0.2, 0) is 0 Å². The van der Waals surface area contributed by atoms with Crippen molar-refractivity contribution in [2.24, 2.45) is 0 Å². The lowest BCUT2D eigenvalue weighted by molar-refractivity contribution is -0.384. The van der Waals surface area contributed by atoms with Gasteiger partial charge in [-0.25, -0.2) is 0 Å². The molecule has 1 aliphatic heterocycles. The van der Waals surface area contributed by atoms with Crippen LogP contribution in [0.5, 0.6) is 0 Å². The normalized spacial score (nSPS) is 17.7. The number of aliphatic hydroxyl groups excluding tert-OH is 1. The van der Waals surface area contributed by atoms with Crippen molar-refractivity contribution in [3.8, 4) is 0 Å². The fourth-order valence-corrected chi connectivity index (χ4v) is 2.57. The van der Waals surface area contributed by atoms with E-state index in [-0.39, 0.29) is 16.7 Å². The summed E-state index contributed by atoms with van der Waals surface area (Å²) in [6, 6.07) is 6.67. The van der Waals surface area contributed by atoms with Gasteiger partial charge in [-0.3, -0.25) is 15.0 Å². The Morgan fingerprint density at radius 2 is 1.90 bits per heavy atom. The minimum atomic E-state index is -0.384. The van der Waals surface area contributed by atoms with Crippen molar-refractivity contribution < 1.29 is 10.0 Å². The van der Waals surface area contributed by atoms with Crippen molar-refractivity contribution in [3.63, 3.8) is 0 Å². The van der Waals surface area contributed by atoms with Crippen molar-refractivity contribution in [1.29, 1.82) is 0 Å². The highest BCUT2D eigenvalue weighted by Gasteiger charge is 2.19. The molecule has 1 saturated heterocycles. The highest BCUT2D eigenvalue weighted by Crippen LogP contribution is 2.20. The predicted octanol–water partition coefficient (Wildman–Crippen LogP) is 0.297. The second-order valence-electron chi connectivity index (χ2n) is 5.27. The quantitative estimate of drug-likeness (QED) is 0.580. The molecule has 1 aliphatic rings. The summed E-state index contributed by atoms with van der Waals surface area (Å²) in [6.45, 7) is 4.78. The van der Waals surface area contributed by atoms with Crippen molar-refractivity contribution in [2.75, 3.05) is 51.2 Å². The predicted molar refractivity (Wildman–Crippen MR) is 81.7 cm³/mol. The number of benzene rings is 1. The Balaban J connectivity index is 1.84. The molecule has 2 rings (SSSR count). The molecule has 0 aromatic heterocycles. The Morgan fingerprint density at radius 1 is 1.29 bits per heavy atom. The number of rotatable bonds is 6. The van der Waals surface area contributed by atoms with Crippen LogP contribution < -0.4 is 10.2 Å². The molecule has 0 aliphatic carbocycles. The number of nitrogens with zero attached hydrogens (tertiary/aromatic N) is 3. The smallest absolute Gasteiger partial charge is 0.269 e. The molecule has 2 N–H and O–H groups in total. The lowest BCUT2D eigenvalue weighted by Crippen LogP contribution is -2.49. The molecule has 116 valence electrons. The van der Waals surface area contributed by atoms with E-state index >= 15 is 0 Å². The Labute approximate surface area is 124 Å². The molecule has 1 unspecified atom stereocenters. The zero-order chi connectivity index (χ0) is 15.2. The van der Waals surface area contributed by atoms with Gasteiger partial charge in [0.2, 0.25) is 0 Å². The summed E-state index contributed by atoms with van der Waals surface area (Å²) < 4.78 is 0. The van der Waals surface area contributed by atoms with E-state index in [1.165, 1.54) is 0 Å². The third-order valence-electron chi connectivity index (χ3n) is 3.71. The van der Waals surface area contributed by atoms with Crippen molar-refractivity contribution in [2.45, 2.75) is 6.10 Å². The van der Waals surface area contributed by atoms with Gasteiger partial charge in [-0.15, -0.1) is 0 Å². The highest BCUT2D eigenvalue weighted by atomic mass is 16.6. The second kappa shape index (κ2) is 7.35. The van der Waals surface area contributed by atoms with Crippen LogP contribution in [0.1, 0.15) is 0 Å². The zero-order valence-corrected chi connectivity index (χ0v) is 12.2. The third kappa shape index (κ3) is 4.38. The summed E-state index contributed by atoms with van der Waals surface area (Å²) in [5.41, 5.74) is 1.13. The van der Waals surface area contributed by atoms with E-state index in [1.807, 2.05) is 7.05 Å². The van der Waals surface area contributed by atoms with Crippen molar-refractivity contribution >= 4 is 11.4 Å². The van der Waals surface area contributed by atoms with Gasteiger partial charge in [-0.2, -0.15) is 0 Å². The standard InChI is InChI=1S/C14H22N4O3/c1-15-10-14(19)11-16-6-8-17(9-7-16)12-2-4-13(5-3-12)18(20)21/h2-5,14-15,19H,6-11H2,1H3. The minimum absolute atomic E-state index is 0.118. The van der Waals surface area contributed by atoms with E-state index in [9.17, 15) is 15.2 Å². The van der Waals surface area contributed by atoms with Gasteiger partial charge in [0.1, 0.15) is 0 Å². The zero-order valence-electron chi connectivity index (χ0n) is 12.2. The van der Waals surface area contributed by atoms with E-state index in [4.69, 9.17) is 0 Å². The first-order valence-corrected chi connectivity index (χ1v) is 7.14. The molecule has 1 atom stereocenters. The molecule has 0 radical (unpaired) electrons. The van der Waals surface area contributed by atoms with Gasteiger partial charge in [0.05, 0.1) is 11.0 Å². The molecule has 7 nitrogen and oxygen atoms in total. The van der Waals surface area contributed by atoms with Crippen LogP contribution >= 0.6 is 0 Å². The molecule has 7 heteroatoms. The number of likely N-dealkylation sites (N-methyl/N-ethyl adjacent to an activating group) is 1. The summed E-state index contributed by atoms with van der Waals surface area (Å²) in [5, 5.41) is 23.4. The number of nitrogens with one attached hydrogen (secondary N) is 1. The number of non-ortho nitro benzene ring substituents is 1. The van der Waals surface area contributed by atoms with E-state index in [0.29, 0.717) is 13.1 Å². The van der Waals surface area contributed by atoms with E-state index < -0.39 is 0 Å². The summed E-state index contributed by atoms with van der Waals surface area (Å²) >= 11 is 0. The number of nitro groups is 1. The van der Waals surface area contributed by atoms with Crippen LogP contribution in [0.4, 0.5) is 11.4 Å². The maximum atomic E-state index is 10.6. The molecule has 0 spiro atoms. The SMILES string of the molecule is CNCC(O)CN1CCN(c2ccc([N+](=O)[O-])cc2)CC1. The van der Waals surface area contributed by atoms with E-state index in [2.05, 4.69) is 15.1 Å². The first kappa shape index (κ1) is 15.7. The maximum absolute atomic E-state index is 10.6. The van der Waals surface area contributed by atoms with Gasteiger partial charge >= 0.3 is 0 Å². The largest absolute Gasteiger partial charge is 0.390 e. The fraction of sp³-hybridized carbons (Fsp3) is 0.571. The number of nitro benzene ring substituents is 1. The highest BCUT2D eigenvalue weighted by molar-refractivity contribution is 5.51. The summed E-state index contributed by atoms with van der Waals surface area (Å²) in [7, 11) is 1.83. The number of hydrogen-bond donors (Lipinski definition) is 2. The lowest BCUT2D eigenvalue weighted by atomic mass is 10.2. The van der Waals surface area contributed by atoms with Gasteiger partial charge in [-0.1, -0.05) is 0 Å². The summed E-state index contributed by atoms with van der Waals surface area (Å²) in [6.07, 6.45) is -0.346. The van der Waals surface area contributed by atoms with Crippen molar-refractivity contribution in [1.82, 2.24) is 10.2 Å². The Kier molecular flexibility index (Phi) is 5.49. The van der Waals surface area contributed by atoms with Gasteiger partial charge < -0.3 is 15.3 Å². The van der Waals surface area contributed by atoms with Gasteiger partial charge in [0.15, 0.2) is 0 Å². The molecule has 1 fully saturated rings. The first-order chi connectivity index (χ1) is 10.1. The molecule has 0 saturated carbocycles. The summed E-state index contributed by atoms with van der Waals surface area (Å²) in [5.74, 6) is 0. The van der Waals surface area contributed by atoms with Crippen molar-refractivity contribution in [3.05, 3.63) is 34.4 Å². The molecule has 1 aromatic carbocycles. The van der Waals surface area contributed by atoms with Crippen LogP contribution in [0.2, 0.25) is 0 Å². The van der Waals surface area contributed by atoms with Crippen LogP contribution in [0.3, 0.4) is 0 Å². The molecular formula is C14H22N4O3. The molecule has 21 heavy (non-hydrogen) atoms. The third-order valence-corrected chi connectivity index (χ3v) is 3.71. The average Bonchev–Trinajstić information content (AvgIpc) is 2.48. The number of hydrogen-bond acceptors (Lipinski definition) is 6. The Morgan fingerprint density at radius 3 is 2.43 bits per heavy atom. The minimum Gasteiger partial charge on any atom is -0.390 e. The summed E-state index contributed by atoms with van der Waals surface area (Å²) in [4.78, 5) is 14.7. The molecule has 1 heterocycles. The topological polar surface area (TPSA) is 81.9 Å². The second-order valence-corrected chi connectivity index (χ2v) is 5.27.